The summed E-state index contributed by atoms with van der Waals surface area (Å²) in [6.45, 7) is 4.97. The molecule has 0 aliphatic carbocycles. The topological polar surface area (TPSA) is 82.1 Å². The highest BCUT2D eigenvalue weighted by molar-refractivity contribution is 9.10. The Hall–Kier alpha value is -1.27. The van der Waals surface area contributed by atoms with Gasteiger partial charge in [0.15, 0.2) is 5.84 Å². The van der Waals surface area contributed by atoms with Crippen LogP contribution in [0.15, 0.2) is 27.8 Å². The number of benzene rings is 1. The van der Waals surface area contributed by atoms with Gasteiger partial charge in [0.2, 0.25) is 0 Å². The Kier molecular flexibility index (Phi) is 6.11. The smallest absolute Gasteiger partial charge is 0.172 e. The summed E-state index contributed by atoms with van der Waals surface area (Å²) in [6, 6.07) is 5.83. The Morgan fingerprint density at radius 3 is 2.68 bits per heavy atom. The van der Waals surface area contributed by atoms with E-state index in [1.54, 1.807) is 0 Å². The lowest BCUT2D eigenvalue weighted by Gasteiger charge is -2.30. The summed E-state index contributed by atoms with van der Waals surface area (Å²) >= 11 is 3.43. The number of aliphatic hydroxyl groups is 1. The van der Waals surface area contributed by atoms with Gasteiger partial charge in [-0.3, -0.25) is 0 Å². The summed E-state index contributed by atoms with van der Waals surface area (Å²) in [4.78, 5) is 2.12. The van der Waals surface area contributed by atoms with Gasteiger partial charge in [-0.1, -0.05) is 21.1 Å². The first-order chi connectivity index (χ1) is 9.01. The molecule has 106 valence electrons. The number of nitrogens with zero attached hydrogens (tertiary/aromatic N) is 2. The molecule has 6 heteroatoms. The maximum absolute atomic E-state index is 9.00. The molecule has 1 aromatic rings. The van der Waals surface area contributed by atoms with E-state index in [0.717, 1.165) is 10.2 Å². The normalized spacial score (nSPS) is 11.9. The summed E-state index contributed by atoms with van der Waals surface area (Å²) in [7, 11) is 0. The molecule has 1 aromatic carbocycles. The third kappa shape index (κ3) is 4.11. The monoisotopic (exact) mass is 329 g/mol. The van der Waals surface area contributed by atoms with Gasteiger partial charge >= 0.3 is 0 Å². The molecule has 0 heterocycles. The minimum atomic E-state index is 0.0807. The largest absolute Gasteiger partial charge is 0.409 e. The van der Waals surface area contributed by atoms with Crippen LogP contribution in [0.25, 0.3) is 0 Å². The van der Waals surface area contributed by atoms with E-state index >= 15 is 0 Å². The summed E-state index contributed by atoms with van der Waals surface area (Å²) < 4.78 is 0.923. The number of anilines is 1. The average molecular weight is 330 g/mol. The van der Waals surface area contributed by atoms with Crippen molar-refractivity contribution in [3.8, 4) is 0 Å². The van der Waals surface area contributed by atoms with Crippen molar-refractivity contribution in [2.45, 2.75) is 26.3 Å². The van der Waals surface area contributed by atoms with E-state index in [-0.39, 0.29) is 18.5 Å². The molecule has 0 aromatic heterocycles. The molecular formula is C13H20BrN3O2. The Labute approximate surface area is 121 Å². The minimum Gasteiger partial charge on any atom is -0.409 e. The van der Waals surface area contributed by atoms with Crippen molar-refractivity contribution in [1.82, 2.24) is 0 Å². The lowest BCUT2D eigenvalue weighted by Crippen LogP contribution is -2.34. The Bertz CT molecular complexity index is 450. The highest BCUT2D eigenvalue weighted by Crippen LogP contribution is 2.27. The summed E-state index contributed by atoms with van der Waals surface area (Å²) in [5.74, 6) is 0.0807. The Balaban J connectivity index is 3.23. The van der Waals surface area contributed by atoms with E-state index in [9.17, 15) is 0 Å². The van der Waals surface area contributed by atoms with E-state index in [4.69, 9.17) is 16.0 Å². The van der Waals surface area contributed by atoms with Crippen LogP contribution in [0.3, 0.4) is 0 Å². The van der Waals surface area contributed by atoms with Crippen molar-refractivity contribution in [1.29, 1.82) is 0 Å². The lowest BCUT2D eigenvalue weighted by atomic mass is 10.1. The molecule has 1 rings (SSSR count). The fourth-order valence-electron chi connectivity index (χ4n) is 1.91. The SMILES string of the molecule is CC(C)N(CCCO)c1cc(Br)ccc1/C(N)=N/O. The third-order valence-electron chi connectivity index (χ3n) is 2.83. The molecule has 19 heavy (non-hydrogen) atoms. The molecule has 0 saturated carbocycles. The van der Waals surface area contributed by atoms with Gasteiger partial charge in [-0.2, -0.15) is 0 Å². The second kappa shape index (κ2) is 7.35. The zero-order valence-corrected chi connectivity index (χ0v) is 12.8. The van der Waals surface area contributed by atoms with Crippen LogP contribution in [0.2, 0.25) is 0 Å². The van der Waals surface area contributed by atoms with Gasteiger partial charge < -0.3 is 20.9 Å². The van der Waals surface area contributed by atoms with Crippen LogP contribution in [0.5, 0.6) is 0 Å². The summed E-state index contributed by atoms with van der Waals surface area (Å²) in [6.07, 6.45) is 0.667. The van der Waals surface area contributed by atoms with Crippen molar-refractivity contribution in [3.05, 3.63) is 28.2 Å². The second-order valence-corrected chi connectivity index (χ2v) is 5.43. The molecular weight excluding hydrogens is 310 g/mol. The molecule has 0 radical (unpaired) electrons. The Morgan fingerprint density at radius 1 is 1.47 bits per heavy atom. The maximum Gasteiger partial charge on any atom is 0.172 e. The van der Waals surface area contributed by atoms with Gasteiger partial charge in [-0.05, 0) is 38.5 Å². The predicted octanol–water partition coefficient (Wildman–Crippen LogP) is 2.14. The fourth-order valence-corrected chi connectivity index (χ4v) is 2.26. The molecule has 0 amide bonds. The van der Waals surface area contributed by atoms with E-state index in [2.05, 4.69) is 39.8 Å². The summed E-state index contributed by atoms with van der Waals surface area (Å²) in [5, 5.41) is 20.9. The van der Waals surface area contributed by atoms with Crippen LogP contribution < -0.4 is 10.6 Å². The molecule has 0 unspecified atom stereocenters. The van der Waals surface area contributed by atoms with Gasteiger partial charge in [0.1, 0.15) is 0 Å². The first kappa shape index (κ1) is 15.8. The highest BCUT2D eigenvalue weighted by atomic mass is 79.9. The van der Waals surface area contributed by atoms with Crippen molar-refractivity contribution in [3.63, 3.8) is 0 Å². The van der Waals surface area contributed by atoms with Crippen molar-refractivity contribution < 1.29 is 10.3 Å². The quantitative estimate of drug-likeness (QED) is 0.323. The standard InChI is InChI=1S/C13H20BrN3O2/c1-9(2)17(6-3-7-18)12-8-10(14)4-5-11(12)13(15)16-19/h4-5,8-9,18-19H,3,6-7H2,1-2H3,(H2,15,16). The molecule has 4 N–H and O–H groups in total. The van der Waals surface area contributed by atoms with Gasteiger partial charge in [-0.15, -0.1) is 0 Å². The fraction of sp³-hybridized carbons (Fsp3) is 0.462. The molecule has 0 bridgehead atoms. The molecule has 0 spiro atoms. The van der Waals surface area contributed by atoms with Crippen molar-refractivity contribution in [2.24, 2.45) is 10.9 Å². The van der Waals surface area contributed by atoms with E-state index in [0.29, 0.717) is 18.5 Å². The first-order valence-corrected chi connectivity index (χ1v) is 6.95. The van der Waals surface area contributed by atoms with Crippen LogP contribution >= 0.6 is 15.9 Å². The van der Waals surface area contributed by atoms with Crippen LogP contribution in [0.1, 0.15) is 25.8 Å². The number of hydrogen-bond donors (Lipinski definition) is 3. The number of aliphatic hydroxyl groups excluding tert-OH is 1. The van der Waals surface area contributed by atoms with Crippen molar-refractivity contribution in [2.75, 3.05) is 18.1 Å². The van der Waals surface area contributed by atoms with Gasteiger partial charge in [0.25, 0.3) is 0 Å². The van der Waals surface area contributed by atoms with E-state index in [1.807, 2.05) is 18.2 Å². The van der Waals surface area contributed by atoms with E-state index in [1.165, 1.54) is 0 Å². The van der Waals surface area contributed by atoms with Crippen LogP contribution in [0.4, 0.5) is 5.69 Å². The molecule has 0 fully saturated rings. The predicted molar refractivity (Wildman–Crippen MR) is 80.8 cm³/mol. The number of rotatable bonds is 6. The number of nitrogens with two attached hydrogens (primary N) is 1. The van der Waals surface area contributed by atoms with Gasteiger partial charge in [0, 0.05) is 34.9 Å². The third-order valence-corrected chi connectivity index (χ3v) is 3.33. The highest BCUT2D eigenvalue weighted by Gasteiger charge is 2.17. The number of amidine groups is 1. The van der Waals surface area contributed by atoms with Crippen LogP contribution in [0, 0.1) is 0 Å². The maximum atomic E-state index is 9.00. The lowest BCUT2D eigenvalue weighted by molar-refractivity contribution is 0.288. The number of hydrogen-bond acceptors (Lipinski definition) is 4. The van der Waals surface area contributed by atoms with Gasteiger partial charge in [0.05, 0.1) is 0 Å². The molecule has 0 aliphatic rings. The average Bonchev–Trinajstić information content (AvgIpc) is 2.38. The van der Waals surface area contributed by atoms with Crippen molar-refractivity contribution >= 4 is 27.5 Å². The first-order valence-electron chi connectivity index (χ1n) is 6.16. The van der Waals surface area contributed by atoms with E-state index < -0.39 is 0 Å². The van der Waals surface area contributed by atoms with Crippen LogP contribution in [-0.2, 0) is 0 Å². The molecule has 0 saturated heterocycles. The molecule has 0 atom stereocenters. The Morgan fingerprint density at radius 2 is 2.16 bits per heavy atom. The molecule has 0 aliphatic heterocycles. The zero-order valence-electron chi connectivity index (χ0n) is 11.2. The summed E-state index contributed by atoms with van der Waals surface area (Å²) in [5.41, 5.74) is 7.28. The van der Waals surface area contributed by atoms with Gasteiger partial charge in [-0.25, -0.2) is 0 Å². The van der Waals surface area contributed by atoms with Crippen LogP contribution in [-0.4, -0.2) is 35.3 Å². The zero-order chi connectivity index (χ0) is 14.4. The number of oxime groups is 1. The number of halogens is 1. The molecule has 5 nitrogen and oxygen atoms in total. The minimum absolute atomic E-state index is 0.0807. The second-order valence-electron chi connectivity index (χ2n) is 4.51.